The summed E-state index contributed by atoms with van der Waals surface area (Å²) >= 11 is 4.80. The third-order valence-corrected chi connectivity index (χ3v) is 7.85. The number of likely N-dealkylation sites (tertiary alicyclic amines) is 1. The van der Waals surface area contributed by atoms with Crippen molar-refractivity contribution in [3.05, 3.63) is 86.0 Å². The van der Waals surface area contributed by atoms with Crippen molar-refractivity contribution in [3.63, 3.8) is 0 Å². The topological polar surface area (TPSA) is 84.9 Å². The fraction of sp³-hybridized carbons (Fsp3) is 0.296. The molecule has 188 valence electrons. The molecule has 2 amide bonds. The number of carbonyl (C=O) groups excluding carboxylic acids is 3. The molecule has 2 heterocycles. The standard InChI is InChI=1S/C27H27BrN2O5S/c1-16-6-8-17(9-7-16)15-29-25(31)21-14-19(27(33)35-3)24(18-10-11-22(34-2)20(28)13-18)30(21)26(32)23-5-4-12-36-23/h4-13,19,21,24H,14-15H2,1-3H3,(H,29,31). The summed E-state index contributed by atoms with van der Waals surface area (Å²) in [6.07, 6.45) is 0.151. The Balaban J connectivity index is 1.71. The predicted octanol–water partition coefficient (Wildman–Crippen LogP) is 4.89. The summed E-state index contributed by atoms with van der Waals surface area (Å²) in [7, 11) is 2.88. The van der Waals surface area contributed by atoms with Crippen LogP contribution >= 0.6 is 27.3 Å². The van der Waals surface area contributed by atoms with E-state index < -0.39 is 24.0 Å². The van der Waals surface area contributed by atoms with Crippen molar-refractivity contribution in [2.24, 2.45) is 5.92 Å². The summed E-state index contributed by atoms with van der Waals surface area (Å²) < 4.78 is 11.1. The molecular formula is C27H27BrN2O5S. The Kier molecular flexibility index (Phi) is 8.11. The molecule has 1 aliphatic heterocycles. The zero-order valence-electron chi connectivity index (χ0n) is 20.2. The molecule has 2 aromatic carbocycles. The van der Waals surface area contributed by atoms with Gasteiger partial charge in [0.05, 0.1) is 35.5 Å². The highest BCUT2D eigenvalue weighted by atomic mass is 79.9. The number of rotatable bonds is 7. The first-order chi connectivity index (χ1) is 17.3. The van der Waals surface area contributed by atoms with Crippen LogP contribution in [0.3, 0.4) is 0 Å². The molecule has 1 aromatic heterocycles. The van der Waals surface area contributed by atoms with Crippen molar-refractivity contribution in [1.82, 2.24) is 10.2 Å². The lowest BCUT2D eigenvalue weighted by atomic mass is 9.93. The number of benzene rings is 2. The van der Waals surface area contributed by atoms with Crippen LogP contribution in [0.4, 0.5) is 0 Å². The van der Waals surface area contributed by atoms with Gasteiger partial charge < -0.3 is 19.7 Å². The Morgan fingerprint density at radius 3 is 2.47 bits per heavy atom. The molecule has 0 bridgehead atoms. The van der Waals surface area contributed by atoms with E-state index in [9.17, 15) is 14.4 Å². The second-order valence-corrected chi connectivity index (χ2v) is 10.4. The second-order valence-electron chi connectivity index (χ2n) is 8.61. The number of hydrogen-bond donors (Lipinski definition) is 1. The van der Waals surface area contributed by atoms with Gasteiger partial charge in [0.1, 0.15) is 11.8 Å². The van der Waals surface area contributed by atoms with Crippen molar-refractivity contribution >= 4 is 45.1 Å². The third-order valence-electron chi connectivity index (χ3n) is 6.37. The Hall–Kier alpha value is -3.17. The number of aryl methyl sites for hydroxylation is 1. The SMILES string of the molecule is COC(=O)C1CC(C(=O)NCc2ccc(C)cc2)N(C(=O)c2cccs2)C1c1ccc(OC)c(Br)c1. The largest absolute Gasteiger partial charge is 0.496 e. The molecule has 0 spiro atoms. The van der Waals surface area contributed by atoms with Crippen molar-refractivity contribution < 1.29 is 23.9 Å². The molecule has 1 fully saturated rings. The Bertz CT molecular complexity index is 1250. The van der Waals surface area contributed by atoms with Gasteiger partial charge in [0, 0.05) is 6.54 Å². The van der Waals surface area contributed by atoms with Gasteiger partial charge in [-0.05, 0) is 64.0 Å². The summed E-state index contributed by atoms with van der Waals surface area (Å²) in [4.78, 5) is 42.2. The summed E-state index contributed by atoms with van der Waals surface area (Å²) in [6, 6.07) is 15.2. The maximum absolute atomic E-state index is 13.8. The minimum absolute atomic E-state index is 0.151. The highest BCUT2D eigenvalue weighted by molar-refractivity contribution is 9.10. The van der Waals surface area contributed by atoms with Crippen molar-refractivity contribution in [1.29, 1.82) is 0 Å². The molecule has 0 saturated carbocycles. The van der Waals surface area contributed by atoms with E-state index in [1.54, 1.807) is 25.3 Å². The van der Waals surface area contributed by atoms with Gasteiger partial charge in [0.15, 0.2) is 0 Å². The molecule has 0 aliphatic carbocycles. The lowest BCUT2D eigenvalue weighted by molar-refractivity contribution is -0.146. The van der Waals surface area contributed by atoms with Gasteiger partial charge in [-0.2, -0.15) is 0 Å². The molecule has 1 saturated heterocycles. The molecule has 3 atom stereocenters. The first kappa shape index (κ1) is 25.9. The number of nitrogens with zero attached hydrogens (tertiary/aromatic N) is 1. The van der Waals surface area contributed by atoms with Crippen molar-refractivity contribution in [2.45, 2.75) is 32.0 Å². The van der Waals surface area contributed by atoms with Crippen LogP contribution < -0.4 is 10.1 Å². The molecule has 0 radical (unpaired) electrons. The van der Waals surface area contributed by atoms with Crippen LogP contribution in [0.5, 0.6) is 5.75 Å². The molecule has 3 unspecified atom stereocenters. The van der Waals surface area contributed by atoms with Crippen LogP contribution in [0.2, 0.25) is 0 Å². The number of nitrogens with one attached hydrogen (secondary N) is 1. The summed E-state index contributed by atoms with van der Waals surface area (Å²) in [5.74, 6) is -1.18. The van der Waals surface area contributed by atoms with E-state index >= 15 is 0 Å². The number of hydrogen-bond acceptors (Lipinski definition) is 6. The number of amides is 2. The number of methoxy groups -OCH3 is 2. The number of thiophene rings is 1. The van der Waals surface area contributed by atoms with Crippen LogP contribution in [0.15, 0.2) is 64.5 Å². The second kappa shape index (κ2) is 11.3. The molecular weight excluding hydrogens is 544 g/mol. The maximum atomic E-state index is 13.8. The lowest BCUT2D eigenvalue weighted by Crippen LogP contribution is -2.46. The first-order valence-corrected chi connectivity index (χ1v) is 13.1. The average molecular weight is 571 g/mol. The normalized spacial score (nSPS) is 19.1. The monoisotopic (exact) mass is 570 g/mol. The van der Waals surface area contributed by atoms with Gasteiger partial charge in [-0.3, -0.25) is 14.4 Å². The van der Waals surface area contributed by atoms with E-state index in [1.165, 1.54) is 23.3 Å². The number of ether oxygens (including phenoxy) is 2. The third kappa shape index (κ3) is 5.32. The van der Waals surface area contributed by atoms with Gasteiger partial charge in [0.2, 0.25) is 5.91 Å². The van der Waals surface area contributed by atoms with Crippen LogP contribution in [0.1, 0.15) is 38.8 Å². The Morgan fingerprint density at radius 2 is 1.86 bits per heavy atom. The summed E-state index contributed by atoms with van der Waals surface area (Å²) in [6.45, 7) is 2.32. The highest BCUT2D eigenvalue weighted by Crippen LogP contribution is 2.44. The quantitative estimate of drug-likeness (QED) is 0.409. The zero-order valence-corrected chi connectivity index (χ0v) is 22.6. The van der Waals surface area contributed by atoms with E-state index in [0.29, 0.717) is 27.2 Å². The number of esters is 1. The van der Waals surface area contributed by atoms with Gasteiger partial charge in [-0.15, -0.1) is 11.3 Å². The van der Waals surface area contributed by atoms with E-state index in [1.807, 2.05) is 48.7 Å². The number of carbonyl (C=O) groups is 3. The van der Waals surface area contributed by atoms with Gasteiger partial charge in [0.25, 0.3) is 5.91 Å². The minimum Gasteiger partial charge on any atom is -0.496 e. The number of halogens is 1. The van der Waals surface area contributed by atoms with E-state index in [4.69, 9.17) is 9.47 Å². The molecule has 36 heavy (non-hydrogen) atoms. The zero-order chi connectivity index (χ0) is 25.8. The Morgan fingerprint density at radius 1 is 1.11 bits per heavy atom. The van der Waals surface area contributed by atoms with Gasteiger partial charge in [-0.25, -0.2) is 0 Å². The maximum Gasteiger partial charge on any atom is 0.311 e. The molecule has 1 N–H and O–H groups in total. The molecule has 1 aliphatic rings. The lowest BCUT2D eigenvalue weighted by Gasteiger charge is -2.31. The van der Waals surface area contributed by atoms with Crippen LogP contribution in [-0.2, 0) is 20.9 Å². The molecule has 9 heteroatoms. The average Bonchev–Trinajstić information content (AvgIpc) is 3.56. The molecule has 7 nitrogen and oxygen atoms in total. The molecule has 4 rings (SSSR count). The van der Waals surface area contributed by atoms with Gasteiger partial charge in [-0.1, -0.05) is 42.0 Å². The molecule has 3 aromatic rings. The van der Waals surface area contributed by atoms with Crippen molar-refractivity contribution in [3.8, 4) is 5.75 Å². The Labute approximate surface area is 222 Å². The van der Waals surface area contributed by atoms with Gasteiger partial charge >= 0.3 is 5.97 Å². The predicted molar refractivity (Wildman–Crippen MR) is 141 cm³/mol. The van der Waals surface area contributed by atoms with E-state index in [0.717, 1.165) is 11.1 Å². The highest BCUT2D eigenvalue weighted by Gasteiger charge is 2.51. The van der Waals surface area contributed by atoms with Crippen molar-refractivity contribution in [2.75, 3.05) is 14.2 Å². The van der Waals surface area contributed by atoms with E-state index in [2.05, 4.69) is 21.2 Å². The van der Waals surface area contributed by atoms with Crippen LogP contribution in [0.25, 0.3) is 0 Å². The first-order valence-electron chi connectivity index (χ1n) is 11.4. The summed E-state index contributed by atoms with van der Waals surface area (Å²) in [5.41, 5.74) is 2.78. The van der Waals surface area contributed by atoms with Crippen LogP contribution in [0, 0.1) is 12.8 Å². The fourth-order valence-electron chi connectivity index (χ4n) is 4.55. The summed E-state index contributed by atoms with van der Waals surface area (Å²) in [5, 5.41) is 4.77. The smallest absolute Gasteiger partial charge is 0.311 e. The minimum atomic E-state index is -0.847. The fourth-order valence-corrected chi connectivity index (χ4v) is 5.77. The van der Waals surface area contributed by atoms with E-state index in [-0.39, 0.29) is 18.2 Å². The van der Waals surface area contributed by atoms with Crippen LogP contribution in [-0.4, -0.2) is 42.9 Å².